The monoisotopic (exact) mass is 205 g/mol. The van der Waals surface area contributed by atoms with E-state index in [0.717, 1.165) is 6.42 Å². The van der Waals surface area contributed by atoms with E-state index in [-0.39, 0.29) is 11.9 Å². The first-order valence-corrected chi connectivity index (χ1v) is 5.43. The number of benzene rings is 1. The van der Waals surface area contributed by atoms with Crippen molar-refractivity contribution in [3.05, 3.63) is 35.4 Å². The van der Waals surface area contributed by atoms with Gasteiger partial charge in [0.2, 0.25) is 5.91 Å². The Morgan fingerprint density at radius 1 is 1.40 bits per heavy atom. The van der Waals surface area contributed by atoms with Gasteiger partial charge in [0.1, 0.15) is 0 Å². The Kier molecular flexibility index (Phi) is 4.35. The third kappa shape index (κ3) is 4.63. The predicted octanol–water partition coefficient (Wildman–Crippen LogP) is 2.45. The summed E-state index contributed by atoms with van der Waals surface area (Å²) in [6, 6.07) is 8.52. The van der Waals surface area contributed by atoms with Crippen LogP contribution in [0, 0.1) is 6.92 Å². The summed E-state index contributed by atoms with van der Waals surface area (Å²) in [4.78, 5) is 11.4. The summed E-state index contributed by atoms with van der Waals surface area (Å²) in [5.41, 5.74) is 2.48. The van der Waals surface area contributed by atoms with Crippen LogP contribution in [0.15, 0.2) is 24.3 Å². The van der Waals surface area contributed by atoms with Gasteiger partial charge in [-0.1, -0.05) is 29.8 Å². The van der Waals surface area contributed by atoms with Gasteiger partial charge in [-0.2, -0.15) is 0 Å². The standard InChI is InChI=1S/C13H19NO/c1-10(2)14-13(15)8-7-12-6-4-5-11(3)9-12/h4-6,9-10H,7-8H2,1-3H3,(H,14,15). The van der Waals surface area contributed by atoms with Crippen LogP contribution >= 0.6 is 0 Å². The first-order valence-electron chi connectivity index (χ1n) is 5.43. The highest BCUT2D eigenvalue weighted by Crippen LogP contribution is 2.06. The van der Waals surface area contributed by atoms with E-state index < -0.39 is 0 Å². The fourth-order valence-electron chi connectivity index (χ4n) is 1.52. The summed E-state index contributed by atoms with van der Waals surface area (Å²) >= 11 is 0. The Balaban J connectivity index is 2.40. The van der Waals surface area contributed by atoms with Gasteiger partial charge in [-0.3, -0.25) is 4.79 Å². The smallest absolute Gasteiger partial charge is 0.220 e. The molecule has 0 aliphatic carbocycles. The quantitative estimate of drug-likeness (QED) is 0.803. The number of carbonyl (C=O) groups excluding carboxylic acids is 1. The van der Waals surface area contributed by atoms with Crippen LogP contribution in [0.3, 0.4) is 0 Å². The minimum atomic E-state index is 0.131. The van der Waals surface area contributed by atoms with E-state index in [1.807, 2.05) is 19.9 Å². The maximum absolute atomic E-state index is 11.4. The van der Waals surface area contributed by atoms with E-state index in [1.54, 1.807) is 0 Å². The predicted molar refractivity (Wildman–Crippen MR) is 62.8 cm³/mol. The second-order valence-electron chi connectivity index (χ2n) is 4.21. The molecule has 1 N–H and O–H groups in total. The molecule has 82 valence electrons. The van der Waals surface area contributed by atoms with Crippen LogP contribution in [0.2, 0.25) is 0 Å². The van der Waals surface area contributed by atoms with Crippen molar-refractivity contribution in [3.8, 4) is 0 Å². The third-order valence-electron chi connectivity index (χ3n) is 2.17. The lowest BCUT2D eigenvalue weighted by molar-refractivity contribution is -0.121. The van der Waals surface area contributed by atoms with Crippen molar-refractivity contribution in [2.24, 2.45) is 0 Å². The Bertz CT molecular complexity index is 331. The van der Waals surface area contributed by atoms with Crippen molar-refractivity contribution in [2.75, 3.05) is 0 Å². The number of aryl methyl sites for hydroxylation is 2. The Morgan fingerprint density at radius 3 is 2.73 bits per heavy atom. The largest absolute Gasteiger partial charge is 0.354 e. The van der Waals surface area contributed by atoms with Gasteiger partial charge < -0.3 is 5.32 Å². The molecule has 0 spiro atoms. The third-order valence-corrected chi connectivity index (χ3v) is 2.17. The average molecular weight is 205 g/mol. The average Bonchev–Trinajstić information content (AvgIpc) is 2.14. The van der Waals surface area contributed by atoms with Gasteiger partial charge in [0, 0.05) is 12.5 Å². The highest BCUT2D eigenvalue weighted by Gasteiger charge is 2.03. The van der Waals surface area contributed by atoms with Gasteiger partial charge in [-0.05, 0) is 32.8 Å². The van der Waals surface area contributed by atoms with Gasteiger partial charge in [0.25, 0.3) is 0 Å². The van der Waals surface area contributed by atoms with Crippen molar-refractivity contribution < 1.29 is 4.79 Å². The van der Waals surface area contributed by atoms with Crippen molar-refractivity contribution in [3.63, 3.8) is 0 Å². The molecule has 0 saturated carbocycles. The molecule has 0 fully saturated rings. The molecule has 15 heavy (non-hydrogen) atoms. The summed E-state index contributed by atoms with van der Waals surface area (Å²) in [5, 5.41) is 2.89. The van der Waals surface area contributed by atoms with E-state index in [9.17, 15) is 4.79 Å². The van der Waals surface area contributed by atoms with Crippen LogP contribution in [-0.2, 0) is 11.2 Å². The van der Waals surface area contributed by atoms with Gasteiger partial charge in [-0.25, -0.2) is 0 Å². The first-order chi connectivity index (χ1) is 7.08. The molecule has 0 atom stereocenters. The molecule has 1 amide bonds. The lowest BCUT2D eigenvalue weighted by Crippen LogP contribution is -2.30. The van der Waals surface area contributed by atoms with E-state index in [4.69, 9.17) is 0 Å². The normalized spacial score (nSPS) is 10.4. The van der Waals surface area contributed by atoms with Crippen LogP contribution in [0.4, 0.5) is 0 Å². The summed E-state index contributed by atoms with van der Waals surface area (Å²) in [6.45, 7) is 6.02. The number of hydrogen-bond acceptors (Lipinski definition) is 1. The summed E-state index contributed by atoms with van der Waals surface area (Å²) in [7, 11) is 0. The summed E-state index contributed by atoms with van der Waals surface area (Å²) < 4.78 is 0. The number of hydrogen-bond donors (Lipinski definition) is 1. The fourth-order valence-corrected chi connectivity index (χ4v) is 1.52. The summed E-state index contributed by atoms with van der Waals surface area (Å²) in [5.74, 6) is 0.131. The Labute approximate surface area is 91.7 Å². The second-order valence-corrected chi connectivity index (χ2v) is 4.21. The molecule has 1 rings (SSSR count). The maximum Gasteiger partial charge on any atom is 0.220 e. The van der Waals surface area contributed by atoms with Crippen molar-refractivity contribution >= 4 is 5.91 Å². The lowest BCUT2D eigenvalue weighted by atomic mass is 10.1. The van der Waals surface area contributed by atoms with Crippen molar-refractivity contribution in [1.29, 1.82) is 0 Å². The topological polar surface area (TPSA) is 29.1 Å². The number of carbonyl (C=O) groups is 1. The molecule has 2 heteroatoms. The molecular formula is C13H19NO. The molecule has 0 aliphatic rings. The second kappa shape index (κ2) is 5.54. The van der Waals surface area contributed by atoms with Gasteiger partial charge in [0.15, 0.2) is 0 Å². The molecule has 0 saturated heterocycles. The lowest BCUT2D eigenvalue weighted by Gasteiger charge is -2.08. The zero-order chi connectivity index (χ0) is 11.3. The Hall–Kier alpha value is -1.31. The zero-order valence-electron chi connectivity index (χ0n) is 9.71. The fraction of sp³-hybridized carbons (Fsp3) is 0.462. The van der Waals surface area contributed by atoms with Gasteiger partial charge >= 0.3 is 0 Å². The molecule has 0 radical (unpaired) electrons. The summed E-state index contributed by atoms with van der Waals surface area (Å²) in [6.07, 6.45) is 1.39. The minimum Gasteiger partial charge on any atom is -0.354 e. The Morgan fingerprint density at radius 2 is 2.13 bits per heavy atom. The molecule has 1 aromatic rings. The molecule has 0 heterocycles. The van der Waals surface area contributed by atoms with Crippen LogP contribution in [0.5, 0.6) is 0 Å². The molecule has 0 aliphatic heterocycles. The molecule has 0 unspecified atom stereocenters. The number of amides is 1. The van der Waals surface area contributed by atoms with E-state index in [1.165, 1.54) is 11.1 Å². The van der Waals surface area contributed by atoms with Crippen molar-refractivity contribution in [1.82, 2.24) is 5.32 Å². The maximum atomic E-state index is 11.4. The molecule has 0 bridgehead atoms. The zero-order valence-corrected chi connectivity index (χ0v) is 9.71. The molecular weight excluding hydrogens is 186 g/mol. The van der Waals surface area contributed by atoms with Gasteiger partial charge in [-0.15, -0.1) is 0 Å². The highest BCUT2D eigenvalue weighted by atomic mass is 16.1. The van der Waals surface area contributed by atoms with Crippen LogP contribution in [0.25, 0.3) is 0 Å². The van der Waals surface area contributed by atoms with Crippen LogP contribution in [-0.4, -0.2) is 11.9 Å². The minimum absolute atomic E-state index is 0.131. The van der Waals surface area contributed by atoms with Crippen molar-refractivity contribution in [2.45, 2.75) is 39.7 Å². The first kappa shape index (κ1) is 11.8. The van der Waals surface area contributed by atoms with Gasteiger partial charge in [0.05, 0.1) is 0 Å². The molecule has 0 aromatic heterocycles. The number of rotatable bonds is 4. The SMILES string of the molecule is Cc1cccc(CCC(=O)NC(C)C)c1. The highest BCUT2D eigenvalue weighted by molar-refractivity contribution is 5.76. The van der Waals surface area contributed by atoms with E-state index in [2.05, 4.69) is 30.4 Å². The van der Waals surface area contributed by atoms with E-state index >= 15 is 0 Å². The van der Waals surface area contributed by atoms with Crippen LogP contribution in [0.1, 0.15) is 31.4 Å². The number of nitrogens with one attached hydrogen (secondary N) is 1. The molecule has 2 nitrogen and oxygen atoms in total. The van der Waals surface area contributed by atoms with Crippen LogP contribution < -0.4 is 5.32 Å². The molecule has 1 aromatic carbocycles. The van der Waals surface area contributed by atoms with E-state index in [0.29, 0.717) is 6.42 Å².